The third-order valence-corrected chi connectivity index (χ3v) is 2.98. The molecule has 104 valence electrons. The number of nitrogens with one attached hydrogen (secondary N) is 1. The molecule has 0 saturated heterocycles. The number of halogens is 1. The van der Waals surface area contributed by atoms with Gasteiger partial charge in [0.05, 0.1) is 42.6 Å². The van der Waals surface area contributed by atoms with Crippen LogP contribution in [0.15, 0.2) is 18.2 Å². The van der Waals surface area contributed by atoms with Crippen molar-refractivity contribution in [3.63, 3.8) is 0 Å². The average molecular weight is 292 g/mol. The number of nitrogens with zero attached hydrogens (tertiary/aromatic N) is 3. The molecule has 0 aliphatic heterocycles. The van der Waals surface area contributed by atoms with Gasteiger partial charge in [-0.05, 0) is 25.1 Å². The van der Waals surface area contributed by atoms with Crippen LogP contribution in [-0.2, 0) is 4.79 Å². The molecule has 1 rings (SSSR count). The molecule has 0 bridgehead atoms. The molecule has 0 aliphatic rings. The summed E-state index contributed by atoms with van der Waals surface area (Å²) in [5.74, 6) is -0.343. The Hall–Kier alpha value is -2.28. The minimum absolute atomic E-state index is 0.00174. The monoisotopic (exact) mass is 291 g/mol. The number of rotatable bonds is 5. The summed E-state index contributed by atoms with van der Waals surface area (Å²) in [6.45, 7) is 1.62. The molecule has 1 amide bonds. The quantitative estimate of drug-likeness (QED) is 0.633. The van der Waals surface area contributed by atoms with Crippen LogP contribution >= 0.6 is 11.6 Å². The molecule has 0 radical (unpaired) electrons. The van der Waals surface area contributed by atoms with Crippen LogP contribution in [0, 0.1) is 22.7 Å². The summed E-state index contributed by atoms with van der Waals surface area (Å²) >= 11 is 5.78. The van der Waals surface area contributed by atoms with Crippen LogP contribution < -0.4 is 11.1 Å². The lowest BCUT2D eigenvalue weighted by molar-refractivity contribution is -0.120. The summed E-state index contributed by atoms with van der Waals surface area (Å²) in [7, 11) is 0. The summed E-state index contributed by atoms with van der Waals surface area (Å²) in [6, 6.07) is 7.97. The van der Waals surface area contributed by atoms with Gasteiger partial charge in [0, 0.05) is 5.02 Å². The number of hydrogen-bond donors (Lipinski definition) is 2. The van der Waals surface area contributed by atoms with Gasteiger partial charge in [0.15, 0.2) is 0 Å². The zero-order chi connectivity index (χ0) is 15.1. The molecule has 1 aromatic carbocycles. The Labute approximate surface area is 122 Å². The number of carbonyl (C=O) groups excluding carboxylic acids is 1. The highest BCUT2D eigenvalue weighted by Gasteiger charge is 2.21. The van der Waals surface area contributed by atoms with Gasteiger partial charge in [0.1, 0.15) is 0 Å². The van der Waals surface area contributed by atoms with Crippen LogP contribution in [0.2, 0.25) is 5.02 Å². The fourth-order valence-electron chi connectivity index (χ4n) is 1.56. The van der Waals surface area contributed by atoms with Crippen molar-refractivity contribution in [2.45, 2.75) is 13.0 Å². The van der Waals surface area contributed by atoms with Gasteiger partial charge in [-0.15, -0.1) is 0 Å². The lowest BCUT2D eigenvalue weighted by atomic mass is 10.2. The van der Waals surface area contributed by atoms with E-state index in [9.17, 15) is 4.79 Å². The second kappa shape index (κ2) is 7.34. The molecule has 0 saturated carbocycles. The number of anilines is 2. The van der Waals surface area contributed by atoms with Gasteiger partial charge < -0.3 is 11.1 Å². The van der Waals surface area contributed by atoms with Crippen molar-refractivity contribution >= 4 is 28.9 Å². The smallest absolute Gasteiger partial charge is 0.241 e. The normalized spacial score (nSPS) is 11.4. The molecule has 0 spiro atoms. The maximum atomic E-state index is 12.1. The van der Waals surface area contributed by atoms with E-state index in [0.29, 0.717) is 16.4 Å². The Morgan fingerprint density at radius 1 is 1.45 bits per heavy atom. The van der Waals surface area contributed by atoms with Crippen molar-refractivity contribution in [3.05, 3.63) is 23.2 Å². The van der Waals surface area contributed by atoms with Crippen LogP contribution in [-0.4, -0.2) is 29.9 Å². The van der Waals surface area contributed by atoms with Gasteiger partial charge in [-0.2, -0.15) is 10.5 Å². The van der Waals surface area contributed by atoms with Crippen LogP contribution in [0.3, 0.4) is 0 Å². The Balaban J connectivity index is 2.79. The molecule has 0 heterocycles. The topological polar surface area (TPSA) is 106 Å². The van der Waals surface area contributed by atoms with Gasteiger partial charge in [-0.1, -0.05) is 11.6 Å². The van der Waals surface area contributed by atoms with Gasteiger partial charge in [-0.25, -0.2) is 0 Å². The van der Waals surface area contributed by atoms with Crippen LogP contribution in [0.5, 0.6) is 0 Å². The van der Waals surface area contributed by atoms with Crippen molar-refractivity contribution in [1.82, 2.24) is 4.90 Å². The summed E-state index contributed by atoms with van der Waals surface area (Å²) in [5.41, 5.74) is 6.54. The maximum Gasteiger partial charge on any atom is 0.241 e. The Bertz CT molecular complexity index is 559. The second-order valence-corrected chi connectivity index (χ2v) is 4.55. The van der Waals surface area contributed by atoms with E-state index in [1.165, 1.54) is 11.0 Å². The van der Waals surface area contributed by atoms with Gasteiger partial charge in [0.25, 0.3) is 0 Å². The number of nitrogen functional groups attached to an aromatic ring is 1. The zero-order valence-electron chi connectivity index (χ0n) is 10.9. The van der Waals surface area contributed by atoms with E-state index in [4.69, 9.17) is 27.9 Å². The Kier molecular flexibility index (Phi) is 5.79. The summed E-state index contributed by atoms with van der Waals surface area (Å²) in [6.07, 6.45) is 0. The predicted octanol–water partition coefficient (Wildman–Crippen LogP) is 1.60. The minimum Gasteiger partial charge on any atom is -0.397 e. The van der Waals surface area contributed by atoms with Crippen molar-refractivity contribution in [3.8, 4) is 12.1 Å². The van der Waals surface area contributed by atoms with E-state index in [0.717, 1.165) is 0 Å². The fraction of sp³-hybridized carbons (Fsp3) is 0.308. The second-order valence-electron chi connectivity index (χ2n) is 4.12. The highest BCUT2D eigenvalue weighted by molar-refractivity contribution is 6.31. The Morgan fingerprint density at radius 2 is 2.05 bits per heavy atom. The molecular formula is C13H14ClN5O. The third kappa shape index (κ3) is 4.13. The highest BCUT2D eigenvalue weighted by Crippen LogP contribution is 2.22. The van der Waals surface area contributed by atoms with Gasteiger partial charge >= 0.3 is 0 Å². The first kappa shape index (κ1) is 15.8. The van der Waals surface area contributed by atoms with E-state index in [-0.39, 0.29) is 19.0 Å². The largest absolute Gasteiger partial charge is 0.397 e. The van der Waals surface area contributed by atoms with Crippen molar-refractivity contribution < 1.29 is 4.79 Å². The van der Waals surface area contributed by atoms with Crippen LogP contribution in [0.4, 0.5) is 11.4 Å². The van der Waals surface area contributed by atoms with Gasteiger partial charge in [0.2, 0.25) is 5.91 Å². The fourth-order valence-corrected chi connectivity index (χ4v) is 1.74. The third-order valence-electron chi connectivity index (χ3n) is 2.75. The first-order valence-corrected chi connectivity index (χ1v) is 6.21. The van der Waals surface area contributed by atoms with E-state index < -0.39 is 6.04 Å². The zero-order valence-corrected chi connectivity index (χ0v) is 11.7. The summed E-state index contributed by atoms with van der Waals surface area (Å²) in [4.78, 5) is 13.5. The highest BCUT2D eigenvalue weighted by atomic mass is 35.5. The van der Waals surface area contributed by atoms with Gasteiger partial charge in [-0.3, -0.25) is 9.69 Å². The molecule has 0 aliphatic carbocycles. The number of benzene rings is 1. The van der Waals surface area contributed by atoms with Crippen molar-refractivity contribution in [2.24, 2.45) is 0 Å². The molecule has 3 N–H and O–H groups in total. The number of hydrogen-bond acceptors (Lipinski definition) is 5. The first-order chi connectivity index (χ1) is 9.49. The number of nitriles is 2. The Morgan fingerprint density at radius 3 is 2.55 bits per heavy atom. The van der Waals surface area contributed by atoms with E-state index in [1.54, 1.807) is 19.1 Å². The van der Waals surface area contributed by atoms with E-state index in [1.807, 2.05) is 12.1 Å². The number of carbonyl (C=O) groups is 1. The molecule has 20 heavy (non-hydrogen) atoms. The predicted molar refractivity (Wildman–Crippen MR) is 76.8 cm³/mol. The van der Waals surface area contributed by atoms with Crippen molar-refractivity contribution in [2.75, 3.05) is 24.1 Å². The SMILES string of the molecule is CC(C(=O)Nc1ccc(Cl)cc1N)N(CC#N)CC#N. The molecule has 1 unspecified atom stereocenters. The van der Waals surface area contributed by atoms with Crippen LogP contribution in [0.1, 0.15) is 6.92 Å². The first-order valence-electron chi connectivity index (χ1n) is 5.83. The average Bonchev–Trinajstić information content (AvgIpc) is 2.40. The number of nitrogens with two attached hydrogens (primary N) is 1. The molecule has 7 heteroatoms. The molecular weight excluding hydrogens is 278 g/mol. The molecule has 0 fully saturated rings. The lowest BCUT2D eigenvalue weighted by Crippen LogP contribution is -2.42. The lowest BCUT2D eigenvalue weighted by Gasteiger charge is -2.23. The standard InChI is InChI=1S/C13H14ClN5O/c1-9(19(6-4-15)7-5-16)13(20)18-12-3-2-10(14)8-11(12)17/h2-3,8-9H,6-7,17H2,1H3,(H,18,20). The maximum absolute atomic E-state index is 12.1. The van der Waals surface area contributed by atoms with Crippen molar-refractivity contribution in [1.29, 1.82) is 10.5 Å². The molecule has 1 atom stereocenters. The number of amides is 1. The molecule has 6 nitrogen and oxygen atoms in total. The minimum atomic E-state index is -0.621. The van der Waals surface area contributed by atoms with Crippen LogP contribution in [0.25, 0.3) is 0 Å². The van der Waals surface area contributed by atoms with E-state index in [2.05, 4.69) is 5.32 Å². The molecule has 1 aromatic rings. The molecule has 0 aromatic heterocycles. The van der Waals surface area contributed by atoms with E-state index >= 15 is 0 Å². The summed E-state index contributed by atoms with van der Waals surface area (Å²) < 4.78 is 0. The summed E-state index contributed by atoms with van der Waals surface area (Å²) in [5, 5.41) is 20.5.